The molecule has 0 spiro atoms. The van der Waals surface area contributed by atoms with Crippen LogP contribution in [-0.2, 0) is 6.54 Å². The van der Waals surface area contributed by atoms with Gasteiger partial charge in [0.15, 0.2) is 5.82 Å². The van der Waals surface area contributed by atoms with Crippen molar-refractivity contribution < 1.29 is 14.1 Å². The van der Waals surface area contributed by atoms with Crippen LogP contribution in [0, 0.1) is 6.92 Å². The van der Waals surface area contributed by atoms with Gasteiger partial charge in [0.1, 0.15) is 5.75 Å². The first-order valence-electron chi connectivity index (χ1n) is 5.51. The third kappa shape index (κ3) is 3.31. The van der Waals surface area contributed by atoms with Gasteiger partial charge in [0.2, 0.25) is 5.89 Å². The standard InChI is InChI=1S/C12H12BrN3O3/c1-7-15-11(16-19-7)6-14-12(17)9-5-8(18-2)3-4-10(9)13/h3-5H,6H2,1-2H3,(H,14,17). The quantitative estimate of drug-likeness (QED) is 0.931. The Labute approximate surface area is 118 Å². The number of ether oxygens (including phenoxy) is 1. The Kier molecular flexibility index (Phi) is 4.16. The average Bonchev–Trinajstić information content (AvgIpc) is 2.82. The van der Waals surface area contributed by atoms with Gasteiger partial charge < -0.3 is 14.6 Å². The highest BCUT2D eigenvalue weighted by atomic mass is 79.9. The Bertz CT molecular complexity index is 598. The largest absolute Gasteiger partial charge is 0.497 e. The van der Waals surface area contributed by atoms with E-state index in [-0.39, 0.29) is 12.5 Å². The lowest BCUT2D eigenvalue weighted by Gasteiger charge is -2.07. The van der Waals surface area contributed by atoms with E-state index in [0.717, 1.165) is 0 Å². The van der Waals surface area contributed by atoms with E-state index in [1.807, 2.05) is 0 Å². The van der Waals surface area contributed by atoms with E-state index in [4.69, 9.17) is 9.26 Å². The third-order valence-corrected chi connectivity index (χ3v) is 3.09. The summed E-state index contributed by atoms with van der Waals surface area (Å²) in [5, 5.41) is 6.41. The molecule has 0 aliphatic carbocycles. The van der Waals surface area contributed by atoms with Crippen molar-refractivity contribution in [1.82, 2.24) is 15.5 Å². The smallest absolute Gasteiger partial charge is 0.252 e. The fourth-order valence-corrected chi connectivity index (χ4v) is 1.90. The SMILES string of the molecule is COc1ccc(Br)c(C(=O)NCc2noc(C)n2)c1. The number of amides is 1. The number of aromatic nitrogens is 2. The maximum atomic E-state index is 12.0. The van der Waals surface area contributed by atoms with Crippen molar-refractivity contribution in [3.8, 4) is 5.75 Å². The van der Waals surface area contributed by atoms with Gasteiger partial charge in [0, 0.05) is 11.4 Å². The first-order chi connectivity index (χ1) is 9.10. The summed E-state index contributed by atoms with van der Waals surface area (Å²) in [5.74, 6) is 1.27. The molecule has 0 unspecified atom stereocenters. The minimum absolute atomic E-state index is 0.208. The number of hydrogen-bond acceptors (Lipinski definition) is 5. The van der Waals surface area contributed by atoms with Crippen LogP contribution in [0.5, 0.6) is 5.75 Å². The van der Waals surface area contributed by atoms with Crippen molar-refractivity contribution in [1.29, 1.82) is 0 Å². The van der Waals surface area contributed by atoms with Crippen molar-refractivity contribution in [2.75, 3.05) is 7.11 Å². The Morgan fingerprint density at radius 1 is 1.53 bits per heavy atom. The number of methoxy groups -OCH3 is 1. The van der Waals surface area contributed by atoms with E-state index >= 15 is 0 Å². The van der Waals surface area contributed by atoms with Gasteiger partial charge >= 0.3 is 0 Å². The fraction of sp³-hybridized carbons (Fsp3) is 0.250. The number of carbonyl (C=O) groups excluding carboxylic acids is 1. The molecule has 0 aliphatic rings. The van der Waals surface area contributed by atoms with Gasteiger partial charge in [0.25, 0.3) is 5.91 Å². The molecule has 2 rings (SSSR count). The predicted octanol–water partition coefficient (Wildman–Crippen LogP) is 2.08. The number of rotatable bonds is 4. The molecule has 0 atom stereocenters. The van der Waals surface area contributed by atoms with E-state index in [1.54, 1.807) is 32.2 Å². The second-order valence-electron chi connectivity index (χ2n) is 3.76. The molecule has 6 nitrogen and oxygen atoms in total. The van der Waals surface area contributed by atoms with Gasteiger partial charge in [-0.2, -0.15) is 4.98 Å². The van der Waals surface area contributed by atoms with E-state index in [9.17, 15) is 4.79 Å². The summed E-state index contributed by atoms with van der Waals surface area (Å²) in [6, 6.07) is 5.18. The van der Waals surface area contributed by atoms with Crippen LogP contribution in [-0.4, -0.2) is 23.2 Å². The normalized spacial score (nSPS) is 10.3. The number of halogens is 1. The molecule has 19 heavy (non-hydrogen) atoms. The lowest BCUT2D eigenvalue weighted by atomic mass is 10.2. The molecule has 100 valence electrons. The summed E-state index contributed by atoms with van der Waals surface area (Å²) in [7, 11) is 1.55. The number of benzene rings is 1. The van der Waals surface area contributed by atoms with Crippen molar-refractivity contribution in [3.63, 3.8) is 0 Å². The zero-order chi connectivity index (χ0) is 13.8. The highest BCUT2D eigenvalue weighted by Gasteiger charge is 2.12. The van der Waals surface area contributed by atoms with Gasteiger partial charge in [0.05, 0.1) is 19.2 Å². The molecule has 0 fully saturated rings. The summed E-state index contributed by atoms with van der Waals surface area (Å²) >= 11 is 3.32. The Morgan fingerprint density at radius 3 is 2.95 bits per heavy atom. The molecule has 1 amide bonds. The van der Waals surface area contributed by atoms with Gasteiger partial charge in [-0.15, -0.1) is 0 Å². The van der Waals surface area contributed by atoms with Crippen LogP contribution in [0.1, 0.15) is 22.1 Å². The molecular formula is C12H12BrN3O3. The van der Waals surface area contributed by atoms with Gasteiger partial charge in [-0.05, 0) is 34.1 Å². The summed E-state index contributed by atoms with van der Waals surface area (Å²) < 4.78 is 10.6. The first kappa shape index (κ1) is 13.5. The molecule has 1 aromatic heterocycles. The zero-order valence-electron chi connectivity index (χ0n) is 10.4. The van der Waals surface area contributed by atoms with Crippen LogP contribution in [0.4, 0.5) is 0 Å². The van der Waals surface area contributed by atoms with Crippen molar-refractivity contribution in [3.05, 3.63) is 40.0 Å². The number of aryl methyl sites for hydroxylation is 1. The van der Waals surface area contributed by atoms with Crippen molar-refractivity contribution in [2.45, 2.75) is 13.5 Å². The Hall–Kier alpha value is -1.89. The van der Waals surface area contributed by atoms with E-state index in [2.05, 4.69) is 31.4 Å². The summed E-state index contributed by atoms with van der Waals surface area (Å²) in [6.45, 7) is 1.90. The third-order valence-electron chi connectivity index (χ3n) is 2.39. The number of nitrogens with zero attached hydrogens (tertiary/aromatic N) is 2. The lowest BCUT2D eigenvalue weighted by molar-refractivity contribution is 0.0948. The molecule has 7 heteroatoms. The van der Waals surface area contributed by atoms with Crippen molar-refractivity contribution in [2.24, 2.45) is 0 Å². The second-order valence-corrected chi connectivity index (χ2v) is 4.61. The fourth-order valence-electron chi connectivity index (χ4n) is 1.47. The molecule has 1 N–H and O–H groups in total. The van der Waals surface area contributed by atoms with E-state index < -0.39 is 0 Å². The Morgan fingerprint density at radius 2 is 2.32 bits per heavy atom. The van der Waals surface area contributed by atoms with E-state index in [0.29, 0.717) is 27.5 Å². The first-order valence-corrected chi connectivity index (χ1v) is 6.30. The van der Waals surface area contributed by atoms with Crippen LogP contribution < -0.4 is 10.1 Å². The summed E-state index contributed by atoms with van der Waals surface area (Å²) in [6.07, 6.45) is 0. The van der Waals surface area contributed by atoms with Crippen LogP contribution in [0.3, 0.4) is 0 Å². The summed E-state index contributed by atoms with van der Waals surface area (Å²) in [4.78, 5) is 16.0. The molecular weight excluding hydrogens is 314 g/mol. The summed E-state index contributed by atoms with van der Waals surface area (Å²) in [5.41, 5.74) is 0.486. The van der Waals surface area contributed by atoms with Crippen molar-refractivity contribution >= 4 is 21.8 Å². The van der Waals surface area contributed by atoms with E-state index in [1.165, 1.54) is 0 Å². The molecule has 1 aromatic carbocycles. The van der Waals surface area contributed by atoms with Gasteiger partial charge in [-0.1, -0.05) is 5.16 Å². The zero-order valence-corrected chi connectivity index (χ0v) is 12.0. The molecule has 0 bridgehead atoms. The highest BCUT2D eigenvalue weighted by molar-refractivity contribution is 9.10. The number of nitrogens with one attached hydrogen (secondary N) is 1. The minimum Gasteiger partial charge on any atom is -0.497 e. The molecule has 2 aromatic rings. The van der Waals surface area contributed by atoms with Crippen LogP contribution in [0.2, 0.25) is 0 Å². The maximum absolute atomic E-state index is 12.0. The second kappa shape index (κ2) is 5.83. The van der Waals surface area contributed by atoms with Crippen LogP contribution >= 0.6 is 15.9 Å². The van der Waals surface area contributed by atoms with Crippen LogP contribution in [0.25, 0.3) is 0 Å². The molecule has 0 aliphatic heterocycles. The highest BCUT2D eigenvalue weighted by Crippen LogP contribution is 2.22. The topological polar surface area (TPSA) is 77.2 Å². The molecule has 1 heterocycles. The monoisotopic (exact) mass is 325 g/mol. The minimum atomic E-state index is -0.242. The average molecular weight is 326 g/mol. The lowest BCUT2D eigenvalue weighted by Crippen LogP contribution is -2.23. The van der Waals surface area contributed by atoms with Crippen LogP contribution in [0.15, 0.2) is 27.2 Å². The maximum Gasteiger partial charge on any atom is 0.252 e. The number of carbonyl (C=O) groups is 1. The van der Waals surface area contributed by atoms with Gasteiger partial charge in [-0.25, -0.2) is 0 Å². The Balaban J connectivity index is 2.07. The predicted molar refractivity (Wildman–Crippen MR) is 70.9 cm³/mol. The van der Waals surface area contributed by atoms with Gasteiger partial charge in [-0.3, -0.25) is 4.79 Å². The number of hydrogen-bond donors (Lipinski definition) is 1. The molecule has 0 saturated carbocycles. The molecule has 0 saturated heterocycles. The molecule has 0 radical (unpaired) electrons.